The van der Waals surface area contributed by atoms with Gasteiger partial charge in [-0.2, -0.15) is 18.3 Å². The van der Waals surface area contributed by atoms with Crippen molar-refractivity contribution < 1.29 is 18.3 Å². The molecule has 92 valence electrons. The molecule has 1 heterocycles. The highest BCUT2D eigenvalue weighted by atomic mass is 19.4. The first-order valence-corrected chi connectivity index (χ1v) is 4.89. The minimum atomic E-state index is -4.47. The SMILES string of the molecule is CCC(N)C(CO)n1ccc(C(F)(F)F)n1. The van der Waals surface area contributed by atoms with Gasteiger partial charge in [-0.25, -0.2) is 0 Å². The Morgan fingerprint density at radius 2 is 2.19 bits per heavy atom. The number of aromatic nitrogens is 2. The summed E-state index contributed by atoms with van der Waals surface area (Å²) in [6.45, 7) is 1.45. The lowest BCUT2D eigenvalue weighted by molar-refractivity contribution is -0.141. The summed E-state index contributed by atoms with van der Waals surface area (Å²) in [5.41, 5.74) is 4.70. The van der Waals surface area contributed by atoms with Crippen molar-refractivity contribution in [2.45, 2.75) is 31.6 Å². The van der Waals surface area contributed by atoms with Crippen LogP contribution in [0.4, 0.5) is 13.2 Å². The fraction of sp³-hybridized carbons (Fsp3) is 0.667. The van der Waals surface area contributed by atoms with Gasteiger partial charge in [0, 0.05) is 12.2 Å². The quantitative estimate of drug-likeness (QED) is 0.826. The molecule has 2 atom stereocenters. The number of hydrogen-bond donors (Lipinski definition) is 2. The third-order valence-corrected chi connectivity index (χ3v) is 2.39. The third-order valence-electron chi connectivity index (χ3n) is 2.39. The first-order chi connectivity index (χ1) is 7.40. The standard InChI is InChI=1S/C9H14F3N3O/c1-2-6(13)7(5-16)15-4-3-8(14-15)9(10,11)12/h3-4,6-7,16H,2,5,13H2,1H3. The van der Waals surface area contributed by atoms with E-state index in [2.05, 4.69) is 5.10 Å². The van der Waals surface area contributed by atoms with Crippen molar-refractivity contribution in [1.29, 1.82) is 0 Å². The molecule has 1 rings (SSSR count). The number of halogens is 3. The molecule has 0 saturated heterocycles. The largest absolute Gasteiger partial charge is 0.435 e. The van der Waals surface area contributed by atoms with Crippen LogP contribution in [0.3, 0.4) is 0 Å². The third kappa shape index (κ3) is 2.73. The van der Waals surface area contributed by atoms with E-state index in [1.54, 1.807) is 6.92 Å². The van der Waals surface area contributed by atoms with Gasteiger partial charge in [-0.1, -0.05) is 6.92 Å². The predicted molar refractivity (Wildman–Crippen MR) is 51.6 cm³/mol. The van der Waals surface area contributed by atoms with Crippen molar-refractivity contribution in [3.8, 4) is 0 Å². The van der Waals surface area contributed by atoms with Crippen molar-refractivity contribution in [3.05, 3.63) is 18.0 Å². The Balaban J connectivity index is 2.91. The van der Waals surface area contributed by atoms with E-state index in [1.807, 2.05) is 0 Å². The first-order valence-electron chi connectivity index (χ1n) is 4.89. The Hall–Kier alpha value is -1.08. The highest BCUT2D eigenvalue weighted by molar-refractivity contribution is 5.04. The summed E-state index contributed by atoms with van der Waals surface area (Å²) in [6.07, 6.45) is -2.74. The Morgan fingerprint density at radius 1 is 1.56 bits per heavy atom. The monoisotopic (exact) mass is 237 g/mol. The van der Waals surface area contributed by atoms with Crippen molar-refractivity contribution in [1.82, 2.24) is 9.78 Å². The average Bonchev–Trinajstić information content (AvgIpc) is 2.67. The Labute approximate surface area is 90.9 Å². The fourth-order valence-corrected chi connectivity index (χ4v) is 1.36. The summed E-state index contributed by atoms with van der Waals surface area (Å²) < 4.78 is 37.9. The van der Waals surface area contributed by atoms with Crippen molar-refractivity contribution >= 4 is 0 Å². The molecule has 0 aliphatic heterocycles. The Bertz CT molecular complexity index is 337. The fourth-order valence-electron chi connectivity index (χ4n) is 1.36. The second-order valence-corrected chi connectivity index (χ2v) is 3.50. The van der Waals surface area contributed by atoms with Gasteiger partial charge >= 0.3 is 6.18 Å². The van der Waals surface area contributed by atoms with Gasteiger partial charge in [0.05, 0.1) is 12.6 Å². The maximum absolute atomic E-state index is 12.3. The number of hydrogen-bond acceptors (Lipinski definition) is 3. The molecule has 7 heteroatoms. The molecule has 0 amide bonds. The van der Waals surface area contributed by atoms with Crippen LogP contribution in [0.1, 0.15) is 25.1 Å². The molecule has 16 heavy (non-hydrogen) atoms. The van der Waals surface area contributed by atoms with Gasteiger partial charge in [0.25, 0.3) is 0 Å². The second kappa shape index (κ2) is 4.84. The van der Waals surface area contributed by atoms with E-state index in [4.69, 9.17) is 10.8 Å². The number of aliphatic hydroxyl groups is 1. The minimum absolute atomic E-state index is 0.339. The molecule has 2 unspecified atom stereocenters. The maximum atomic E-state index is 12.3. The van der Waals surface area contributed by atoms with Gasteiger partial charge in [0.1, 0.15) is 0 Å². The van der Waals surface area contributed by atoms with Crippen LogP contribution in [0.25, 0.3) is 0 Å². The van der Waals surface area contributed by atoms with E-state index in [9.17, 15) is 13.2 Å². The van der Waals surface area contributed by atoms with Crippen LogP contribution in [-0.4, -0.2) is 27.5 Å². The van der Waals surface area contributed by atoms with Crippen LogP contribution in [-0.2, 0) is 6.18 Å². The van der Waals surface area contributed by atoms with Gasteiger partial charge in [-0.3, -0.25) is 4.68 Å². The molecule has 0 saturated carbocycles. The van der Waals surface area contributed by atoms with Crippen LogP contribution in [0.5, 0.6) is 0 Å². The zero-order valence-corrected chi connectivity index (χ0v) is 8.78. The zero-order valence-electron chi connectivity index (χ0n) is 8.78. The molecular formula is C9H14F3N3O. The lowest BCUT2D eigenvalue weighted by atomic mass is 10.1. The molecule has 0 bridgehead atoms. The van der Waals surface area contributed by atoms with Gasteiger partial charge < -0.3 is 10.8 Å². The van der Waals surface area contributed by atoms with Gasteiger partial charge in [-0.15, -0.1) is 0 Å². The van der Waals surface area contributed by atoms with Crippen molar-refractivity contribution in [2.75, 3.05) is 6.61 Å². The topological polar surface area (TPSA) is 64.1 Å². The molecule has 1 aromatic rings. The molecule has 0 spiro atoms. The van der Waals surface area contributed by atoms with E-state index in [0.717, 1.165) is 10.7 Å². The summed E-state index contributed by atoms with van der Waals surface area (Å²) in [4.78, 5) is 0. The zero-order chi connectivity index (χ0) is 12.3. The van der Waals surface area contributed by atoms with Crippen LogP contribution >= 0.6 is 0 Å². The van der Waals surface area contributed by atoms with Gasteiger partial charge in [0.2, 0.25) is 0 Å². The van der Waals surface area contributed by atoms with E-state index < -0.39 is 24.0 Å². The number of rotatable bonds is 4. The van der Waals surface area contributed by atoms with Crippen LogP contribution in [0, 0.1) is 0 Å². The van der Waals surface area contributed by atoms with Gasteiger partial charge in [-0.05, 0) is 12.5 Å². The summed E-state index contributed by atoms with van der Waals surface area (Å²) in [5, 5.41) is 12.4. The maximum Gasteiger partial charge on any atom is 0.435 e. The molecule has 1 aromatic heterocycles. The normalized spacial score (nSPS) is 16.1. The van der Waals surface area contributed by atoms with Crippen LogP contribution < -0.4 is 5.73 Å². The molecular weight excluding hydrogens is 223 g/mol. The van der Waals surface area contributed by atoms with E-state index in [-0.39, 0.29) is 6.61 Å². The highest BCUT2D eigenvalue weighted by Gasteiger charge is 2.34. The smallest absolute Gasteiger partial charge is 0.394 e. The molecule has 0 radical (unpaired) electrons. The molecule has 0 fully saturated rings. The van der Waals surface area contributed by atoms with Crippen LogP contribution in [0.2, 0.25) is 0 Å². The Morgan fingerprint density at radius 3 is 2.56 bits per heavy atom. The molecule has 0 aliphatic rings. The number of nitrogens with zero attached hydrogens (tertiary/aromatic N) is 2. The average molecular weight is 237 g/mol. The minimum Gasteiger partial charge on any atom is -0.394 e. The first kappa shape index (κ1) is 13.0. The molecule has 0 aromatic carbocycles. The predicted octanol–water partition coefficient (Wildman–Crippen LogP) is 1.17. The summed E-state index contributed by atoms with van der Waals surface area (Å²) in [6, 6.07) is -0.183. The lowest BCUT2D eigenvalue weighted by Crippen LogP contribution is -2.34. The van der Waals surface area contributed by atoms with Gasteiger partial charge in [0.15, 0.2) is 5.69 Å². The molecule has 0 aliphatic carbocycles. The summed E-state index contributed by atoms with van der Waals surface area (Å²) in [5.74, 6) is 0. The second-order valence-electron chi connectivity index (χ2n) is 3.50. The van der Waals surface area contributed by atoms with E-state index in [0.29, 0.717) is 6.42 Å². The van der Waals surface area contributed by atoms with E-state index >= 15 is 0 Å². The number of aliphatic hydroxyl groups excluding tert-OH is 1. The summed E-state index contributed by atoms with van der Waals surface area (Å²) >= 11 is 0. The van der Waals surface area contributed by atoms with Crippen molar-refractivity contribution in [2.24, 2.45) is 5.73 Å². The highest BCUT2D eigenvalue weighted by Crippen LogP contribution is 2.28. The molecule has 3 N–H and O–H groups in total. The van der Waals surface area contributed by atoms with Crippen molar-refractivity contribution in [3.63, 3.8) is 0 Å². The Kier molecular flexibility index (Phi) is 3.93. The number of alkyl halides is 3. The van der Waals surface area contributed by atoms with Crippen LogP contribution in [0.15, 0.2) is 12.3 Å². The lowest BCUT2D eigenvalue weighted by Gasteiger charge is -2.21. The van der Waals surface area contributed by atoms with E-state index in [1.165, 1.54) is 6.20 Å². The summed E-state index contributed by atoms with van der Waals surface area (Å²) in [7, 11) is 0. The number of nitrogens with two attached hydrogens (primary N) is 1. The molecule has 4 nitrogen and oxygen atoms in total.